The second kappa shape index (κ2) is 6.92. The molecule has 1 heterocycles. The van der Waals surface area contributed by atoms with Crippen LogP contribution in [0.15, 0.2) is 59.0 Å². The van der Waals surface area contributed by atoms with Gasteiger partial charge in [-0.1, -0.05) is 35.3 Å². The monoisotopic (exact) mass is 357 g/mol. The molecule has 0 N–H and O–H groups in total. The van der Waals surface area contributed by atoms with Crippen molar-refractivity contribution in [2.75, 3.05) is 0 Å². The second-order valence-corrected chi connectivity index (χ2v) is 5.85. The molecule has 1 aromatic heterocycles. The van der Waals surface area contributed by atoms with Crippen LogP contribution >= 0.6 is 23.2 Å². The lowest BCUT2D eigenvalue weighted by Gasteiger charge is -2.01. The Morgan fingerprint density at radius 1 is 1.04 bits per heavy atom. The molecular weight excluding hydrogens is 348 g/mol. The number of benzene rings is 2. The minimum Gasteiger partial charge on any atom is -0.457 e. The van der Waals surface area contributed by atoms with E-state index in [2.05, 4.69) is 6.07 Å². The van der Waals surface area contributed by atoms with Gasteiger partial charge < -0.3 is 4.42 Å². The largest absolute Gasteiger partial charge is 0.457 e. The van der Waals surface area contributed by atoms with E-state index in [-0.39, 0.29) is 5.82 Å². The van der Waals surface area contributed by atoms with Crippen LogP contribution < -0.4 is 0 Å². The lowest BCUT2D eigenvalue weighted by Crippen LogP contribution is -1.82. The zero-order valence-corrected chi connectivity index (χ0v) is 13.8. The summed E-state index contributed by atoms with van der Waals surface area (Å²) in [7, 11) is 0. The summed E-state index contributed by atoms with van der Waals surface area (Å²) in [6, 6.07) is 16.4. The fourth-order valence-corrected chi connectivity index (χ4v) is 2.72. The van der Waals surface area contributed by atoms with Crippen molar-refractivity contribution in [1.29, 1.82) is 5.26 Å². The first kappa shape index (κ1) is 16.3. The summed E-state index contributed by atoms with van der Waals surface area (Å²) in [6.07, 6.45) is 1.60. The maximum Gasteiger partial charge on any atom is 0.136 e. The molecule has 0 aliphatic heterocycles. The molecule has 0 radical (unpaired) electrons. The molecule has 0 amide bonds. The van der Waals surface area contributed by atoms with Crippen molar-refractivity contribution in [3.05, 3.63) is 81.8 Å². The number of hydrogen-bond donors (Lipinski definition) is 0. The fourth-order valence-electron chi connectivity index (χ4n) is 2.22. The van der Waals surface area contributed by atoms with Crippen LogP contribution in [0.5, 0.6) is 0 Å². The molecule has 0 saturated carbocycles. The van der Waals surface area contributed by atoms with Gasteiger partial charge in [0.2, 0.25) is 0 Å². The lowest BCUT2D eigenvalue weighted by atomic mass is 10.1. The molecule has 24 heavy (non-hydrogen) atoms. The van der Waals surface area contributed by atoms with Gasteiger partial charge in [-0.3, -0.25) is 0 Å². The summed E-state index contributed by atoms with van der Waals surface area (Å²) < 4.78 is 18.7. The topological polar surface area (TPSA) is 36.9 Å². The van der Waals surface area contributed by atoms with Crippen LogP contribution in [0.1, 0.15) is 11.3 Å². The first-order valence-corrected chi connectivity index (χ1v) is 7.75. The SMILES string of the molecule is N#C/C(=C\c1ccc(-c2ccc(Cl)cc2Cl)o1)c1ccc(F)cc1. The van der Waals surface area contributed by atoms with Crippen LogP contribution in [0.25, 0.3) is 23.0 Å². The van der Waals surface area contributed by atoms with Crippen LogP contribution in [-0.2, 0) is 0 Å². The van der Waals surface area contributed by atoms with Crippen molar-refractivity contribution in [2.45, 2.75) is 0 Å². The predicted octanol–water partition coefficient (Wildman–Crippen LogP) is 6.46. The van der Waals surface area contributed by atoms with E-state index >= 15 is 0 Å². The summed E-state index contributed by atoms with van der Waals surface area (Å²) in [5.74, 6) is 0.713. The third-order valence-electron chi connectivity index (χ3n) is 3.39. The highest BCUT2D eigenvalue weighted by atomic mass is 35.5. The molecule has 0 bridgehead atoms. The average Bonchev–Trinajstić information content (AvgIpc) is 3.02. The molecule has 2 nitrogen and oxygen atoms in total. The number of nitrogens with zero attached hydrogens (tertiary/aromatic N) is 1. The highest BCUT2D eigenvalue weighted by Crippen LogP contribution is 2.32. The highest BCUT2D eigenvalue weighted by Gasteiger charge is 2.09. The van der Waals surface area contributed by atoms with Gasteiger partial charge >= 0.3 is 0 Å². The second-order valence-electron chi connectivity index (χ2n) is 5.00. The van der Waals surface area contributed by atoms with Gasteiger partial charge in [0.05, 0.1) is 16.7 Å². The summed E-state index contributed by atoms with van der Waals surface area (Å²) in [4.78, 5) is 0. The van der Waals surface area contributed by atoms with Crippen molar-refractivity contribution in [2.24, 2.45) is 0 Å². The van der Waals surface area contributed by atoms with Gasteiger partial charge in [-0.2, -0.15) is 5.26 Å². The Kier molecular flexibility index (Phi) is 4.71. The van der Waals surface area contributed by atoms with E-state index in [4.69, 9.17) is 27.6 Å². The number of furan rings is 1. The van der Waals surface area contributed by atoms with E-state index in [1.807, 2.05) is 0 Å². The summed E-state index contributed by atoms with van der Waals surface area (Å²) in [5.41, 5.74) is 1.69. The van der Waals surface area contributed by atoms with Crippen LogP contribution in [0, 0.1) is 17.1 Å². The van der Waals surface area contributed by atoms with Gasteiger partial charge in [-0.25, -0.2) is 4.39 Å². The molecule has 0 unspecified atom stereocenters. The van der Waals surface area contributed by atoms with Crippen molar-refractivity contribution in [3.8, 4) is 17.4 Å². The van der Waals surface area contributed by atoms with Gasteiger partial charge in [0.1, 0.15) is 17.3 Å². The number of allylic oxidation sites excluding steroid dienone is 1. The average molecular weight is 358 g/mol. The highest BCUT2D eigenvalue weighted by molar-refractivity contribution is 6.36. The number of nitriles is 1. The normalized spacial score (nSPS) is 11.3. The minimum atomic E-state index is -0.353. The van der Waals surface area contributed by atoms with Crippen LogP contribution in [0.2, 0.25) is 10.0 Å². The lowest BCUT2D eigenvalue weighted by molar-refractivity contribution is 0.572. The maximum atomic E-state index is 13.0. The van der Waals surface area contributed by atoms with E-state index in [1.54, 1.807) is 48.5 Å². The molecule has 3 aromatic rings. The first-order valence-electron chi connectivity index (χ1n) is 7.00. The Bertz CT molecular complexity index is 952. The molecule has 0 spiro atoms. The molecule has 118 valence electrons. The fraction of sp³-hybridized carbons (Fsp3) is 0. The van der Waals surface area contributed by atoms with Gasteiger partial charge in [-0.05, 0) is 54.1 Å². The van der Waals surface area contributed by atoms with Crippen molar-refractivity contribution in [3.63, 3.8) is 0 Å². The Morgan fingerprint density at radius 2 is 1.79 bits per heavy atom. The molecule has 0 aliphatic carbocycles. The van der Waals surface area contributed by atoms with Crippen LogP contribution in [0.3, 0.4) is 0 Å². The molecule has 0 fully saturated rings. The molecule has 5 heteroatoms. The number of halogens is 3. The molecule has 3 rings (SSSR count). The van der Waals surface area contributed by atoms with E-state index in [1.165, 1.54) is 12.1 Å². The Morgan fingerprint density at radius 3 is 2.46 bits per heavy atom. The Labute approximate surface area is 148 Å². The molecule has 0 atom stereocenters. The summed E-state index contributed by atoms with van der Waals surface area (Å²) >= 11 is 12.1. The van der Waals surface area contributed by atoms with Crippen molar-refractivity contribution >= 4 is 34.9 Å². The van der Waals surface area contributed by atoms with Gasteiger partial charge in [0, 0.05) is 10.6 Å². The van der Waals surface area contributed by atoms with E-state index in [0.717, 1.165) is 0 Å². The summed E-state index contributed by atoms with van der Waals surface area (Å²) in [5, 5.41) is 10.3. The zero-order chi connectivity index (χ0) is 17.1. The third-order valence-corrected chi connectivity index (χ3v) is 3.93. The first-order chi connectivity index (χ1) is 11.6. The molecule has 0 aliphatic rings. The molecule has 0 saturated heterocycles. The minimum absolute atomic E-state index is 0.353. The van der Waals surface area contributed by atoms with Gasteiger partial charge in [-0.15, -0.1) is 0 Å². The summed E-state index contributed by atoms with van der Waals surface area (Å²) in [6.45, 7) is 0. The zero-order valence-electron chi connectivity index (χ0n) is 12.3. The van der Waals surface area contributed by atoms with Crippen LogP contribution in [0.4, 0.5) is 4.39 Å². The number of rotatable bonds is 3. The molecule has 2 aromatic carbocycles. The van der Waals surface area contributed by atoms with Gasteiger partial charge in [0.15, 0.2) is 0 Å². The van der Waals surface area contributed by atoms with Crippen molar-refractivity contribution < 1.29 is 8.81 Å². The van der Waals surface area contributed by atoms with E-state index in [9.17, 15) is 9.65 Å². The third kappa shape index (κ3) is 3.51. The maximum absolute atomic E-state index is 13.0. The predicted molar refractivity (Wildman–Crippen MR) is 94.0 cm³/mol. The van der Waals surface area contributed by atoms with E-state index < -0.39 is 0 Å². The quantitative estimate of drug-likeness (QED) is 0.504. The standard InChI is InChI=1S/C19H10Cl2FNO/c20-14-3-7-17(18(21)10-14)19-8-6-16(24-19)9-13(11-23)12-1-4-15(22)5-2-12/h1-10H/b13-9+. The van der Waals surface area contributed by atoms with E-state index in [0.29, 0.717) is 38.3 Å². The Hall–Kier alpha value is -2.54. The molecular formula is C19H10Cl2FNO. The Balaban J connectivity index is 1.95. The van der Waals surface area contributed by atoms with Gasteiger partial charge in [0.25, 0.3) is 0 Å². The van der Waals surface area contributed by atoms with Crippen molar-refractivity contribution in [1.82, 2.24) is 0 Å². The number of hydrogen-bond acceptors (Lipinski definition) is 2. The smallest absolute Gasteiger partial charge is 0.136 e. The van der Waals surface area contributed by atoms with Crippen LogP contribution in [-0.4, -0.2) is 0 Å².